The van der Waals surface area contributed by atoms with Crippen LogP contribution in [0.4, 0.5) is 8.78 Å². The Morgan fingerprint density at radius 3 is 2.59 bits per heavy atom. The van der Waals surface area contributed by atoms with Crippen LogP contribution in [0, 0.1) is 0 Å². The molecule has 0 saturated carbocycles. The average molecular weight is 329 g/mol. The van der Waals surface area contributed by atoms with Crippen molar-refractivity contribution in [2.75, 3.05) is 11.6 Å². The van der Waals surface area contributed by atoms with Gasteiger partial charge in [0, 0.05) is 17.7 Å². The van der Waals surface area contributed by atoms with E-state index in [-0.39, 0.29) is 12.2 Å². The van der Waals surface area contributed by atoms with Crippen molar-refractivity contribution in [1.29, 1.82) is 0 Å². The molecule has 118 valence electrons. The quantitative estimate of drug-likeness (QED) is 0.584. The van der Waals surface area contributed by atoms with Gasteiger partial charge in [-0.3, -0.25) is 4.79 Å². The van der Waals surface area contributed by atoms with E-state index < -0.39 is 12.5 Å². The lowest BCUT2D eigenvalue weighted by Crippen LogP contribution is -2.13. The summed E-state index contributed by atoms with van der Waals surface area (Å²) in [5, 5.41) is 8.26. The minimum Gasteiger partial charge on any atom is -0.435 e. The van der Waals surface area contributed by atoms with Crippen molar-refractivity contribution in [2.45, 2.75) is 18.2 Å². The highest BCUT2D eigenvalue weighted by atomic mass is 32.2. The first-order valence-corrected chi connectivity index (χ1v) is 7.13. The zero-order valence-corrected chi connectivity index (χ0v) is 12.1. The van der Waals surface area contributed by atoms with Crippen molar-refractivity contribution in [3.63, 3.8) is 0 Å². The summed E-state index contributed by atoms with van der Waals surface area (Å²) in [6.45, 7) is -2.88. The summed E-state index contributed by atoms with van der Waals surface area (Å²) in [6, 6.07) is 5.86. The Labute approximate surface area is 128 Å². The highest BCUT2D eigenvalue weighted by Crippen LogP contribution is 2.24. The van der Waals surface area contributed by atoms with Gasteiger partial charge in [-0.15, -0.1) is 10.2 Å². The van der Waals surface area contributed by atoms with Gasteiger partial charge >= 0.3 is 6.61 Å². The number of aromatic nitrogens is 3. The van der Waals surface area contributed by atoms with Gasteiger partial charge in [-0.2, -0.15) is 8.78 Å². The number of rotatable bonds is 7. The summed E-state index contributed by atoms with van der Waals surface area (Å²) >= 11 is 1.24. The normalized spacial score (nSPS) is 10.9. The molecule has 0 radical (unpaired) electrons. The molecule has 2 rings (SSSR count). The van der Waals surface area contributed by atoms with Crippen LogP contribution in [-0.2, 0) is 4.79 Å². The van der Waals surface area contributed by atoms with Crippen LogP contribution in [0.15, 0.2) is 29.4 Å². The Bertz CT molecular complexity index is 647. The first-order valence-electron chi connectivity index (χ1n) is 6.14. The molecule has 0 fully saturated rings. The van der Waals surface area contributed by atoms with E-state index in [2.05, 4.69) is 14.9 Å². The van der Waals surface area contributed by atoms with Gasteiger partial charge in [0.25, 0.3) is 0 Å². The summed E-state index contributed by atoms with van der Waals surface area (Å²) in [5.74, 6) is 6.30. The molecular formula is C12H13F2N5O2S. The first kappa shape index (κ1) is 16.0. The minimum absolute atomic E-state index is 0.0397. The lowest BCUT2D eigenvalue weighted by atomic mass is 10.2. The fourth-order valence-electron chi connectivity index (χ4n) is 1.60. The summed E-state index contributed by atoms with van der Waals surface area (Å²) in [5.41, 5.74) is 5.64. The van der Waals surface area contributed by atoms with E-state index >= 15 is 0 Å². The number of hydrogen-bond acceptors (Lipinski definition) is 6. The predicted molar refractivity (Wildman–Crippen MR) is 76.8 cm³/mol. The van der Waals surface area contributed by atoms with Gasteiger partial charge in [-0.1, -0.05) is 11.8 Å². The number of benzene rings is 1. The van der Waals surface area contributed by atoms with E-state index in [1.807, 2.05) is 0 Å². The molecule has 1 aromatic heterocycles. The van der Waals surface area contributed by atoms with Crippen molar-refractivity contribution in [3.8, 4) is 17.1 Å². The van der Waals surface area contributed by atoms with Gasteiger partial charge in [0.1, 0.15) is 5.75 Å². The van der Waals surface area contributed by atoms with Crippen LogP contribution in [-0.4, -0.2) is 33.1 Å². The number of ether oxygens (including phenoxy) is 1. The maximum atomic E-state index is 12.1. The molecule has 2 aromatic rings. The van der Waals surface area contributed by atoms with Gasteiger partial charge in [-0.25, -0.2) is 4.68 Å². The third-order valence-corrected chi connectivity index (χ3v) is 3.53. The monoisotopic (exact) mass is 329 g/mol. The second kappa shape index (κ2) is 7.07. The van der Waals surface area contributed by atoms with Crippen molar-refractivity contribution in [2.24, 2.45) is 5.73 Å². The molecule has 0 aliphatic heterocycles. The number of primary amides is 1. The van der Waals surface area contributed by atoms with Crippen LogP contribution in [0.2, 0.25) is 0 Å². The van der Waals surface area contributed by atoms with E-state index in [1.54, 1.807) is 12.1 Å². The second-order valence-corrected chi connectivity index (χ2v) is 5.21. The molecule has 7 nitrogen and oxygen atoms in total. The lowest BCUT2D eigenvalue weighted by molar-refractivity contribution is -0.117. The lowest BCUT2D eigenvalue weighted by Gasteiger charge is -2.06. The van der Waals surface area contributed by atoms with E-state index in [0.717, 1.165) is 0 Å². The average Bonchev–Trinajstić information content (AvgIpc) is 2.80. The molecule has 0 saturated heterocycles. The number of nitrogens with zero attached hydrogens (tertiary/aromatic N) is 3. The molecule has 0 atom stereocenters. The van der Waals surface area contributed by atoms with Crippen molar-refractivity contribution in [3.05, 3.63) is 24.3 Å². The first-order chi connectivity index (χ1) is 10.5. The van der Waals surface area contributed by atoms with E-state index in [4.69, 9.17) is 11.6 Å². The maximum absolute atomic E-state index is 12.1. The number of thioether (sulfide) groups is 1. The fourth-order valence-corrected chi connectivity index (χ4v) is 2.41. The van der Waals surface area contributed by atoms with Crippen molar-refractivity contribution < 1.29 is 18.3 Å². The number of halogens is 2. The smallest absolute Gasteiger partial charge is 0.387 e. The van der Waals surface area contributed by atoms with Crippen molar-refractivity contribution in [1.82, 2.24) is 14.9 Å². The van der Waals surface area contributed by atoms with Gasteiger partial charge in [0.2, 0.25) is 11.1 Å². The minimum atomic E-state index is -2.88. The van der Waals surface area contributed by atoms with E-state index in [1.165, 1.54) is 28.6 Å². The Hall–Kier alpha value is -2.36. The van der Waals surface area contributed by atoms with Crippen molar-refractivity contribution >= 4 is 17.7 Å². The molecule has 22 heavy (non-hydrogen) atoms. The van der Waals surface area contributed by atoms with E-state index in [0.29, 0.717) is 22.3 Å². The summed E-state index contributed by atoms with van der Waals surface area (Å²) < 4.78 is 29.7. The molecule has 1 heterocycles. The van der Waals surface area contributed by atoms with Gasteiger partial charge in [0.05, 0.1) is 0 Å². The van der Waals surface area contributed by atoms with Crippen LogP contribution in [0.3, 0.4) is 0 Å². The van der Waals surface area contributed by atoms with Crippen LogP contribution >= 0.6 is 11.8 Å². The zero-order valence-electron chi connectivity index (χ0n) is 11.3. The number of nitrogens with two attached hydrogens (primary N) is 2. The largest absolute Gasteiger partial charge is 0.435 e. The second-order valence-electron chi connectivity index (χ2n) is 4.14. The number of hydrogen-bond donors (Lipinski definition) is 2. The Kier molecular flexibility index (Phi) is 5.15. The van der Waals surface area contributed by atoms with Gasteiger partial charge < -0.3 is 16.3 Å². The number of carbonyl (C=O) groups is 1. The number of carbonyl (C=O) groups excluding carboxylic acids is 1. The van der Waals surface area contributed by atoms with Gasteiger partial charge in [0.15, 0.2) is 5.82 Å². The highest BCUT2D eigenvalue weighted by Gasteiger charge is 2.13. The number of nitrogen functional groups attached to an aromatic ring is 1. The van der Waals surface area contributed by atoms with Crippen LogP contribution in [0.1, 0.15) is 6.42 Å². The van der Waals surface area contributed by atoms with E-state index in [9.17, 15) is 13.6 Å². The molecular weight excluding hydrogens is 316 g/mol. The number of amides is 1. The van der Waals surface area contributed by atoms with Gasteiger partial charge in [-0.05, 0) is 24.3 Å². The molecule has 4 N–H and O–H groups in total. The Morgan fingerprint density at radius 1 is 1.32 bits per heavy atom. The predicted octanol–water partition coefficient (Wildman–Crippen LogP) is 1.23. The molecule has 0 spiro atoms. The molecule has 0 bridgehead atoms. The third kappa shape index (κ3) is 4.07. The topological polar surface area (TPSA) is 109 Å². The standard InChI is InChI=1S/C12H13F2N5O2S/c13-11(14)21-8-3-1-7(2-4-8)10-17-18-12(19(10)16)22-6-5-9(15)20/h1-4,11H,5-6,16H2,(H2,15,20). The number of alkyl halides is 2. The third-order valence-electron chi connectivity index (χ3n) is 2.58. The summed E-state index contributed by atoms with van der Waals surface area (Å²) in [4.78, 5) is 10.7. The van der Waals surface area contributed by atoms with Crippen LogP contribution in [0.5, 0.6) is 5.75 Å². The molecule has 10 heteroatoms. The summed E-state index contributed by atoms with van der Waals surface area (Å²) in [6.07, 6.45) is 0.201. The highest BCUT2D eigenvalue weighted by molar-refractivity contribution is 7.99. The van der Waals surface area contributed by atoms with Crippen LogP contribution in [0.25, 0.3) is 11.4 Å². The Balaban J connectivity index is 2.09. The molecule has 1 aromatic carbocycles. The van der Waals surface area contributed by atoms with Crippen LogP contribution < -0.4 is 16.3 Å². The molecule has 0 aliphatic carbocycles. The summed E-state index contributed by atoms with van der Waals surface area (Å²) in [7, 11) is 0. The molecule has 1 amide bonds. The maximum Gasteiger partial charge on any atom is 0.387 e. The zero-order chi connectivity index (χ0) is 16.1. The fraction of sp³-hybridized carbons (Fsp3) is 0.250. The molecule has 0 aliphatic rings. The molecule has 0 unspecified atom stereocenters. The Morgan fingerprint density at radius 2 is 2.00 bits per heavy atom. The SMILES string of the molecule is NC(=O)CCSc1nnc(-c2ccc(OC(F)F)cc2)n1N.